The third-order valence-electron chi connectivity index (χ3n) is 4.19. The van der Waals surface area contributed by atoms with E-state index in [2.05, 4.69) is 20.8 Å². The highest BCUT2D eigenvalue weighted by Gasteiger charge is 2.25. The standard InChI is InChI=1S/C15H21NO2/c1-9-10(2)12(4)14(13(5)11(9)3)15(17)16-7-6-8-18-16/h6-8H2,1-5H3. The van der Waals surface area contributed by atoms with Gasteiger partial charge in [0.15, 0.2) is 0 Å². The summed E-state index contributed by atoms with van der Waals surface area (Å²) in [5.74, 6) is 0.00806. The zero-order chi connectivity index (χ0) is 13.4. The zero-order valence-electron chi connectivity index (χ0n) is 11.9. The summed E-state index contributed by atoms with van der Waals surface area (Å²) in [6, 6.07) is 0. The van der Waals surface area contributed by atoms with Gasteiger partial charge in [-0.15, -0.1) is 0 Å². The summed E-state index contributed by atoms with van der Waals surface area (Å²) in [6.45, 7) is 11.7. The molecule has 1 aliphatic heterocycles. The molecule has 0 aromatic heterocycles. The van der Waals surface area contributed by atoms with Gasteiger partial charge in [-0.05, 0) is 68.9 Å². The number of hydrogen-bond donors (Lipinski definition) is 0. The van der Waals surface area contributed by atoms with E-state index in [0.717, 1.165) is 23.1 Å². The van der Waals surface area contributed by atoms with Crippen LogP contribution in [0.5, 0.6) is 0 Å². The Labute approximate surface area is 109 Å². The molecule has 1 aliphatic rings. The third kappa shape index (κ3) is 1.93. The Kier molecular flexibility index (Phi) is 3.44. The Morgan fingerprint density at radius 3 is 1.89 bits per heavy atom. The molecule has 0 saturated carbocycles. The molecule has 3 heteroatoms. The molecule has 1 fully saturated rings. The number of rotatable bonds is 1. The summed E-state index contributed by atoms with van der Waals surface area (Å²) in [5, 5.41) is 1.50. The minimum Gasteiger partial charge on any atom is -0.271 e. The molecular formula is C15H21NO2. The molecule has 0 radical (unpaired) electrons. The molecule has 1 amide bonds. The molecular weight excluding hydrogens is 226 g/mol. The van der Waals surface area contributed by atoms with E-state index >= 15 is 0 Å². The van der Waals surface area contributed by atoms with Crippen LogP contribution in [0.25, 0.3) is 0 Å². The average Bonchev–Trinajstić information content (AvgIpc) is 2.88. The molecule has 0 N–H and O–H groups in total. The molecule has 18 heavy (non-hydrogen) atoms. The second-order valence-corrected chi connectivity index (χ2v) is 5.09. The van der Waals surface area contributed by atoms with Crippen LogP contribution in [-0.4, -0.2) is 24.1 Å². The third-order valence-corrected chi connectivity index (χ3v) is 4.19. The van der Waals surface area contributed by atoms with Gasteiger partial charge in [0.2, 0.25) is 0 Å². The highest BCUT2D eigenvalue weighted by molar-refractivity contribution is 5.97. The van der Waals surface area contributed by atoms with Crippen molar-refractivity contribution in [2.24, 2.45) is 0 Å². The number of hydrogen-bond acceptors (Lipinski definition) is 2. The van der Waals surface area contributed by atoms with E-state index in [1.165, 1.54) is 21.8 Å². The van der Waals surface area contributed by atoms with Gasteiger partial charge in [-0.3, -0.25) is 9.63 Å². The maximum absolute atomic E-state index is 12.5. The first-order valence-corrected chi connectivity index (χ1v) is 6.47. The molecule has 1 heterocycles. The predicted octanol–water partition coefficient (Wildman–Crippen LogP) is 3.01. The minimum atomic E-state index is 0.00806. The second-order valence-electron chi connectivity index (χ2n) is 5.09. The molecule has 1 aromatic carbocycles. The van der Waals surface area contributed by atoms with E-state index in [0.29, 0.717) is 13.2 Å². The summed E-state index contributed by atoms with van der Waals surface area (Å²) in [4.78, 5) is 17.9. The fraction of sp³-hybridized carbons (Fsp3) is 0.533. The van der Waals surface area contributed by atoms with Crippen LogP contribution in [0.2, 0.25) is 0 Å². The molecule has 0 bridgehead atoms. The van der Waals surface area contributed by atoms with E-state index < -0.39 is 0 Å². The van der Waals surface area contributed by atoms with Gasteiger partial charge < -0.3 is 0 Å². The second kappa shape index (κ2) is 4.73. The van der Waals surface area contributed by atoms with Crippen molar-refractivity contribution in [1.29, 1.82) is 0 Å². The quantitative estimate of drug-likeness (QED) is 0.763. The molecule has 0 atom stereocenters. The van der Waals surface area contributed by atoms with Crippen LogP contribution >= 0.6 is 0 Å². The largest absolute Gasteiger partial charge is 0.277 e. The fourth-order valence-electron chi connectivity index (χ4n) is 2.55. The van der Waals surface area contributed by atoms with E-state index in [9.17, 15) is 4.79 Å². The summed E-state index contributed by atoms with van der Waals surface area (Å²) in [7, 11) is 0. The molecule has 3 nitrogen and oxygen atoms in total. The van der Waals surface area contributed by atoms with E-state index in [-0.39, 0.29) is 5.91 Å². The summed E-state index contributed by atoms with van der Waals surface area (Å²) in [5.41, 5.74) is 6.68. The van der Waals surface area contributed by atoms with Gasteiger partial charge in [0.05, 0.1) is 13.2 Å². The van der Waals surface area contributed by atoms with E-state index in [1.807, 2.05) is 13.8 Å². The van der Waals surface area contributed by atoms with Crippen LogP contribution in [0.4, 0.5) is 0 Å². The van der Waals surface area contributed by atoms with Crippen LogP contribution in [0.3, 0.4) is 0 Å². The van der Waals surface area contributed by atoms with Gasteiger partial charge >= 0.3 is 0 Å². The van der Waals surface area contributed by atoms with Crippen molar-refractivity contribution in [2.45, 2.75) is 41.0 Å². The van der Waals surface area contributed by atoms with Crippen LogP contribution < -0.4 is 0 Å². The van der Waals surface area contributed by atoms with Gasteiger partial charge in [-0.2, -0.15) is 0 Å². The number of hydroxylamine groups is 2. The van der Waals surface area contributed by atoms with Crippen molar-refractivity contribution in [2.75, 3.05) is 13.2 Å². The molecule has 98 valence electrons. The van der Waals surface area contributed by atoms with E-state index in [4.69, 9.17) is 4.84 Å². The molecule has 0 unspecified atom stereocenters. The highest BCUT2D eigenvalue weighted by atomic mass is 16.7. The van der Waals surface area contributed by atoms with Gasteiger partial charge in [-0.25, -0.2) is 5.06 Å². The maximum atomic E-state index is 12.5. The topological polar surface area (TPSA) is 29.5 Å². The van der Waals surface area contributed by atoms with Crippen molar-refractivity contribution in [3.63, 3.8) is 0 Å². The Balaban J connectivity index is 2.53. The van der Waals surface area contributed by atoms with Crippen molar-refractivity contribution < 1.29 is 9.63 Å². The first kappa shape index (κ1) is 13.1. The van der Waals surface area contributed by atoms with E-state index in [1.54, 1.807) is 0 Å². The number of nitrogens with zero attached hydrogens (tertiary/aromatic N) is 1. The van der Waals surface area contributed by atoms with Crippen molar-refractivity contribution in [1.82, 2.24) is 5.06 Å². The van der Waals surface area contributed by atoms with Crippen LogP contribution in [-0.2, 0) is 4.84 Å². The van der Waals surface area contributed by atoms with Crippen LogP contribution in [0.1, 0.15) is 44.6 Å². The highest BCUT2D eigenvalue weighted by Crippen LogP contribution is 2.27. The number of amides is 1. The molecule has 0 aliphatic carbocycles. The van der Waals surface area contributed by atoms with Crippen LogP contribution in [0.15, 0.2) is 0 Å². The average molecular weight is 247 g/mol. The number of carbonyl (C=O) groups excluding carboxylic acids is 1. The number of carbonyl (C=O) groups is 1. The molecule has 1 aromatic rings. The predicted molar refractivity (Wildman–Crippen MR) is 71.7 cm³/mol. The van der Waals surface area contributed by atoms with Gasteiger partial charge in [-0.1, -0.05) is 0 Å². The molecule has 0 spiro atoms. The smallest absolute Gasteiger partial charge is 0.271 e. The monoisotopic (exact) mass is 247 g/mol. The van der Waals surface area contributed by atoms with Gasteiger partial charge in [0.25, 0.3) is 5.91 Å². The lowest BCUT2D eigenvalue weighted by Crippen LogP contribution is -2.28. The van der Waals surface area contributed by atoms with Crippen LogP contribution in [0, 0.1) is 34.6 Å². The Morgan fingerprint density at radius 2 is 1.44 bits per heavy atom. The van der Waals surface area contributed by atoms with Crippen molar-refractivity contribution >= 4 is 5.91 Å². The number of benzene rings is 1. The first-order chi connectivity index (χ1) is 8.45. The summed E-state index contributed by atoms with van der Waals surface area (Å²) >= 11 is 0. The fourth-order valence-corrected chi connectivity index (χ4v) is 2.55. The lowest BCUT2D eigenvalue weighted by atomic mass is 9.89. The lowest BCUT2D eigenvalue weighted by Gasteiger charge is -2.21. The van der Waals surface area contributed by atoms with Gasteiger partial charge in [0, 0.05) is 5.56 Å². The summed E-state index contributed by atoms with van der Waals surface area (Å²) < 4.78 is 0. The Morgan fingerprint density at radius 1 is 0.944 bits per heavy atom. The minimum absolute atomic E-state index is 0.00806. The SMILES string of the molecule is Cc1c(C)c(C)c(C(=O)N2CCCO2)c(C)c1C. The van der Waals surface area contributed by atoms with Gasteiger partial charge in [0.1, 0.15) is 0 Å². The van der Waals surface area contributed by atoms with Crippen molar-refractivity contribution in [3.8, 4) is 0 Å². The van der Waals surface area contributed by atoms with Crippen molar-refractivity contribution in [3.05, 3.63) is 33.4 Å². The maximum Gasteiger partial charge on any atom is 0.277 e. The zero-order valence-corrected chi connectivity index (χ0v) is 11.9. The molecule has 1 saturated heterocycles. The normalized spacial score (nSPS) is 15.3. The first-order valence-electron chi connectivity index (χ1n) is 6.47. The Bertz CT molecular complexity index is 471. The Hall–Kier alpha value is -1.35. The lowest BCUT2D eigenvalue weighted by molar-refractivity contribution is -0.0769. The summed E-state index contributed by atoms with van der Waals surface area (Å²) in [6.07, 6.45) is 0.924. The molecule has 2 rings (SSSR count).